The molecule has 3 radical (unpaired) electrons. The van der Waals surface area contributed by atoms with Gasteiger partial charge < -0.3 is 64.9 Å². The maximum Gasteiger partial charge on any atom is 0.478 e. The summed E-state index contributed by atoms with van der Waals surface area (Å²) in [6.45, 7) is 31.0. The zero-order chi connectivity index (χ0) is 50.7. The van der Waals surface area contributed by atoms with Crippen molar-refractivity contribution in [3.8, 4) is 0 Å². The van der Waals surface area contributed by atoms with Crippen molar-refractivity contribution >= 4 is 119 Å². The van der Waals surface area contributed by atoms with Gasteiger partial charge in [0.15, 0.2) is 0 Å². The SMILES string of the molecule is CC[Si]1O[Si](CCSCCOCCC(C)C)O[Si]2(CCSCCOCCC(C)C)O[Si](CC)(O1)O[Si]1(C)O[Si](C)(O)O[Si](CCSCCOCCC(C)C)O[Si](CCSCCOCCC(C)C)(O1)O2. The number of thioether (sulfide) groups is 4. The van der Waals surface area contributed by atoms with Crippen LogP contribution in [0.3, 0.4) is 0 Å². The lowest BCUT2D eigenvalue weighted by molar-refractivity contribution is 0.0503. The summed E-state index contributed by atoms with van der Waals surface area (Å²) in [5.41, 5.74) is 0. The van der Waals surface area contributed by atoms with Crippen LogP contribution in [0.2, 0.25) is 49.4 Å². The van der Waals surface area contributed by atoms with E-state index in [2.05, 4.69) is 62.3 Å². The van der Waals surface area contributed by atoms with Gasteiger partial charge in [0.2, 0.25) is 0 Å². The predicted molar refractivity (Wildman–Crippen MR) is 301 cm³/mol. The first kappa shape index (κ1) is 65.8. The van der Waals surface area contributed by atoms with Gasteiger partial charge >= 0.3 is 71.9 Å². The van der Waals surface area contributed by atoms with Crippen molar-refractivity contribution in [2.75, 3.05) is 98.9 Å². The lowest BCUT2D eigenvalue weighted by Gasteiger charge is -2.53. The molecule has 3 saturated heterocycles. The van der Waals surface area contributed by atoms with Crippen molar-refractivity contribution in [3.05, 3.63) is 0 Å². The first-order valence-electron chi connectivity index (χ1n) is 25.7. The van der Waals surface area contributed by atoms with Gasteiger partial charge in [-0.3, -0.25) is 0 Å². The van der Waals surface area contributed by atoms with Crippen molar-refractivity contribution in [2.45, 2.75) is 144 Å². The van der Waals surface area contributed by atoms with Gasteiger partial charge in [0, 0.05) is 92.8 Å². The van der Waals surface area contributed by atoms with E-state index in [-0.39, 0.29) is 0 Å². The van der Waals surface area contributed by atoms with E-state index in [4.69, 9.17) is 60.1 Å². The van der Waals surface area contributed by atoms with Crippen molar-refractivity contribution in [3.63, 3.8) is 0 Å². The summed E-state index contributed by atoms with van der Waals surface area (Å²) < 4.78 is 95.9. The Hall–Kier alpha value is 2.54. The highest BCUT2D eigenvalue weighted by atomic mass is 32.2. The van der Waals surface area contributed by atoms with Crippen molar-refractivity contribution in [1.29, 1.82) is 0 Å². The van der Waals surface area contributed by atoms with E-state index in [9.17, 15) is 4.80 Å². The third-order valence-electron chi connectivity index (χ3n) is 10.6. The van der Waals surface area contributed by atoms with Crippen LogP contribution in [0.15, 0.2) is 0 Å². The second-order valence-corrected chi connectivity index (χ2v) is 45.6. The largest absolute Gasteiger partial charge is 0.478 e. The molecule has 0 aliphatic carbocycles. The monoisotopic (exact) mass is 1190 g/mol. The van der Waals surface area contributed by atoms with Gasteiger partial charge in [-0.25, -0.2) is 0 Å². The van der Waals surface area contributed by atoms with E-state index in [1.807, 2.05) is 25.2 Å². The fourth-order valence-corrected chi connectivity index (χ4v) is 47.7. The molecule has 3 aliphatic rings. The molecule has 3 heterocycles. The summed E-state index contributed by atoms with van der Waals surface area (Å²) in [6, 6.07) is 3.27. The third-order valence-corrected chi connectivity index (χ3v) is 44.5. The summed E-state index contributed by atoms with van der Waals surface area (Å²) in [7, 11) is -25.4. The maximum atomic E-state index is 12.0. The van der Waals surface area contributed by atoms with E-state index in [0.717, 1.165) is 86.6 Å². The Morgan fingerprint density at radius 3 is 1.25 bits per heavy atom. The molecule has 407 valence electrons. The third kappa shape index (κ3) is 28.7. The number of hydrogen-bond donors (Lipinski definition) is 1. The van der Waals surface area contributed by atoms with Crippen LogP contribution in [0.4, 0.5) is 0 Å². The molecule has 1 N–H and O–H groups in total. The summed E-state index contributed by atoms with van der Waals surface area (Å²) in [5.74, 6) is 8.74. The van der Waals surface area contributed by atoms with E-state index in [1.165, 1.54) is 0 Å². The molecule has 69 heavy (non-hydrogen) atoms. The minimum atomic E-state index is -3.90. The van der Waals surface area contributed by atoms with Gasteiger partial charge in [-0.1, -0.05) is 69.2 Å². The van der Waals surface area contributed by atoms with E-state index in [1.54, 1.807) is 41.8 Å². The van der Waals surface area contributed by atoms with Crippen molar-refractivity contribution < 1.29 is 64.9 Å². The highest BCUT2D eigenvalue weighted by Gasteiger charge is 2.70. The highest BCUT2D eigenvalue weighted by Crippen LogP contribution is 2.43. The molecule has 0 spiro atoms. The second-order valence-electron chi connectivity index (χ2n) is 19.3. The first-order chi connectivity index (χ1) is 32.9. The lowest BCUT2D eigenvalue weighted by atomic mass is 10.1. The molecule has 3 rings (SSSR count). The van der Waals surface area contributed by atoms with Crippen LogP contribution in [0, 0.1) is 23.7 Å². The summed E-state index contributed by atoms with van der Waals surface area (Å²) in [4.78, 5) is 12.0. The van der Waals surface area contributed by atoms with E-state index in [0.29, 0.717) is 97.9 Å². The Bertz CT molecular complexity index is 1340. The zero-order valence-electron chi connectivity index (χ0n) is 44.5. The number of hydrogen-bond acceptors (Lipinski definition) is 19. The second kappa shape index (κ2) is 35.9. The minimum Gasteiger partial charge on any atom is -0.414 e. The van der Waals surface area contributed by atoms with Crippen LogP contribution in [0.5, 0.6) is 0 Å². The molecule has 0 saturated carbocycles. The van der Waals surface area contributed by atoms with Crippen molar-refractivity contribution in [1.82, 2.24) is 0 Å². The number of fused-ring (bicyclic) bond motifs is 4. The first-order valence-corrected chi connectivity index (χ1v) is 45.2. The zero-order valence-corrected chi connectivity index (χ0v) is 55.8. The molecular formula is C42H93O15S4Si8. The van der Waals surface area contributed by atoms with Crippen LogP contribution in [0.25, 0.3) is 0 Å². The summed E-state index contributed by atoms with van der Waals surface area (Å²) >= 11 is 7.22. The molecule has 0 amide bonds. The van der Waals surface area contributed by atoms with Gasteiger partial charge in [-0.15, -0.1) is 0 Å². The summed E-state index contributed by atoms with van der Waals surface area (Å²) in [6.07, 6.45) is 4.17. The predicted octanol–water partition coefficient (Wildman–Crippen LogP) is 9.83. The Morgan fingerprint density at radius 2 is 0.812 bits per heavy atom. The minimum absolute atomic E-state index is 0.410. The fourth-order valence-electron chi connectivity index (χ4n) is 6.72. The van der Waals surface area contributed by atoms with Crippen LogP contribution in [-0.4, -0.2) is 176 Å². The highest BCUT2D eigenvalue weighted by molar-refractivity contribution is 8.00. The van der Waals surface area contributed by atoms with Crippen LogP contribution in [0.1, 0.15) is 94.9 Å². The Kier molecular flexibility index (Phi) is 34.2. The molecule has 0 aromatic carbocycles. The van der Waals surface area contributed by atoms with E-state index >= 15 is 0 Å². The van der Waals surface area contributed by atoms with Crippen LogP contribution < -0.4 is 0 Å². The van der Waals surface area contributed by atoms with Gasteiger partial charge in [-0.05, 0) is 78.4 Å². The molecule has 27 heteroatoms. The maximum absolute atomic E-state index is 12.0. The quantitative estimate of drug-likeness (QED) is 0.0461. The number of rotatable bonds is 38. The molecule has 5 unspecified atom stereocenters. The Morgan fingerprint density at radius 1 is 0.435 bits per heavy atom. The van der Waals surface area contributed by atoms with Crippen LogP contribution >= 0.6 is 47.0 Å². The molecule has 15 nitrogen and oxygen atoms in total. The smallest absolute Gasteiger partial charge is 0.414 e. The average Bonchev–Trinajstić information content (AvgIpc) is 3.24. The molecule has 3 aliphatic heterocycles. The summed E-state index contributed by atoms with van der Waals surface area (Å²) in [5, 5.41) is 0. The lowest BCUT2D eigenvalue weighted by Crippen LogP contribution is -2.77. The molecule has 5 atom stereocenters. The van der Waals surface area contributed by atoms with Gasteiger partial charge in [-0.2, -0.15) is 47.0 Å². The Balaban J connectivity index is 2.01. The van der Waals surface area contributed by atoms with Gasteiger partial charge in [0.05, 0.1) is 26.4 Å². The van der Waals surface area contributed by atoms with Gasteiger partial charge in [0.25, 0.3) is 0 Å². The standard InChI is InChI=1S/C42H93O15S4Si8/c1-13-62-48-63(35-31-58-27-23-44-19-15-39(3)4)51-69(38-34-61-30-26-47-22-18-42(9)10)56-67(14-2,50-62)54-66(12)53-65(11,43)49-64(36-32-59-28-24-45-20-16-40(5)6)52-68(55-66,57-69)37-33-60-29-25-46-21-17-41(7)8/h39-43H,13-38H2,1-12H3. The molecule has 0 aromatic heterocycles. The molecule has 3 fully saturated rings. The molecular weight excluding hydrogens is 1100 g/mol. The van der Waals surface area contributed by atoms with Gasteiger partial charge in [0.1, 0.15) is 0 Å². The fraction of sp³-hybridized carbons (Fsp3) is 1.00. The topological polar surface area (TPSA) is 149 Å². The molecule has 4 bridgehead atoms. The van der Waals surface area contributed by atoms with Crippen LogP contribution in [-0.2, 0) is 60.1 Å². The number of ether oxygens (including phenoxy) is 4. The average molecular weight is 1190 g/mol. The van der Waals surface area contributed by atoms with E-state index < -0.39 is 71.9 Å². The Labute approximate surface area is 447 Å². The normalized spacial score (nSPS) is 27.8. The molecule has 0 aromatic rings. The van der Waals surface area contributed by atoms with Crippen molar-refractivity contribution in [2.24, 2.45) is 23.7 Å².